The molecule has 2 N–H and O–H groups in total. The number of hydrogen-bond donors (Lipinski definition) is 1. The summed E-state index contributed by atoms with van der Waals surface area (Å²) in [6.07, 6.45) is 1.88. The zero-order valence-electron chi connectivity index (χ0n) is 5.51. The fourth-order valence-electron chi connectivity index (χ4n) is 0.649. The molecule has 56 valence electrons. The first kappa shape index (κ1) is 7.21. The lowest BCUT2D eigenvalue weighted by molar-refractivity contribution is 0.470. The van der Waals surface area contributed by atoms with Crippen molar-refractivity contribution in [3.8, 4) is 0 Å². The number of rotatable bonds is 3. The Morgan fingerprint density at radius 1 is 1.70 bits per heavy atom. The third-order valence-electron chi connectivity index (χ3n) is 1.09. The van der Waals surface area contributed by atoms with Crippen molar-refractivity contribution in [2.45, 2.75) is 13.1 Å². The lowest BCUT2D eigenvalue weighted by atomic mass is 10.4. The summed E-state index contributed by atoms with van der Waals surface area (Å²) in [6.45, 7) is -0.0969. The number of oxazole rings is 1. The summed E-state index contributed by atoms with van der Waals surface area (Å²) in [6, 6.07) is 0. The molecule has 0 aliphatic heterocycles. The van der Waals surface area contributed by atoms with Crippen molar-refractivity contribution in [3.05, 3.63) is 17.8 Å². The maximum Gasteiger partial charge on any atom is 0.195 e. The van der Waals surface area contributed by atoms with E-state index >= 15 is 0 Å². The highest BCUT2D eigenvalue weighted by Gasteiger charge is 2.00. The predicted molar refractivity (Wildman–Crippen MR) is 34.1 cm³/mol. The van der Waals surface area contributed by atoms with E-state index in [-0.39, 0.29) is 0 Å². The van der Waals surface area contributed by atoms with Crippen molar-refractivity contribution < 1.29 is 8.81 Å². The molecule has 4 heteroatoms. The Morgan fingerprint density at radius 3 is 3.00 bits per heavy atom. The summed E-state index contributed by atoms with van der Waals surface area (Å²) in [5, 5.41) is 0. The highest BCUT2D eigenvalue weighted by atomic mass is 19.1. The topological polar surface area (TPSA) is 52.0 Å². The van der Waals surface area contributed by atoms with Gasteiger partial charge in [-0.15, -0.1) is 0 Å². The van der Waals surface area contributed by atoms with Gasteiger partial charge in [-0.3, -0.25) is 0 Å². The summed E-state index contributed by atoms with van der Waals surface area (Å²) in [4.78, 5) is 3.80. The third kappa shape index (κ3) is 1.54. The smallest absolute Gasteiger partial charge is 0.195 e. The molecule has 0 aromatic carbocycles. The summed E-state index contributed by atoms with van der Waals surface area (Å²) in [5.74, 6) is 0.509. The van der Waals surface area contributed by atoms with Crippen LogP contribution in [-0.2, 0) is 13.1 Å². The number of halogens is 1. The quantitative estimate of drug-likeness (QED) is 0.677. The van der Waals surface area contributed by atoms with Gasteiger partial charge in [0, 0.05) is 13.0 Å². The molecule has 1 aromatic rings. The molecule has 0 saturated carbocycles. The van der Waals surface area contributed by atoms with E-state index in [1.807, 2.05) is 0 Å². The Hall–Kier alpha value is -0.900. The van der Waals surface area contributed by atoms with E-state index in [0.717, 1.165) is 0 Å². The van der Waals surface area contributed by atoms with Crippen LogP contribution in [-0.4, -0.2) is 11.5 Å². The van der Waals surface area contributed by atoms with Crippen LogP contribution in [0.3, 0.4) is 0 Å². The molecule has 0 atom stereocenters. The first-order valence-electron chi connectivity index (χ1n) is 3.06. The lowest BCUT2D eigenvalue weighted by Gasteiger charge is -1.85. The number of aromatic nitrogens is 1. The second-order valence-electron chi connectivity index (χ2n) is 1.90. The van der Waals surface area contributed by atoms with Gasteiger partial charge in [-0.25, -0.2) is 9.37 Å². The van der Waals surface area contributed by atoms with Crippen LogP contribution in [0.2, 0.25) is 0 Å². The van der Waals surface area contributed by atoms with Crippen molar-refractivity contribution >= 4 is 0 Å². The Morgan fingerprint density at radius 2 is 2.50 bits per heavy atom. The molecule has 0 bridgehead atoms. The number of hydrogen-bond acceptors (Lipinski definition) is 3. The van der Waals surface area contributed by atoms with Crippen LogP contribution in [0.4, 0.5) is 4.39 Å². The van der Waals surface area contributed by atoms with Crippen LogP contribution < -0.4 is 5.73 Å². The largest absolute Gasteiger partial charge is 0.449 e. The van der Waals surface area contributed by atoms with Crippen LogP contribution in [0.1, 0.15) is 11.6 Å². The molecule has 0 unspecified atom stereocenters. The third-order valence-corrected chi connectivity index (χ3v) is 1.09. The average Bonchev–Trinajstić information content (AvgIpc) is 2.37. The van der Waals surface area contributed by atoms with Gasteiger partial charge in [-0.05, 0) is 0 Å². The van der Waals surface area contributed by atoms with Gasteiger partial charge in [0.1, 0.15) is 18.6 Å². The number of nitrogens with zero attached hydrogens (tertiary/aromatic N) is 1. The molecule has 0 radical (unpaired) electrons. The molecule has 1 heterocycles. The van der Waals surface area contributed by atoms with E-state index in [9.17, 15) is 4.39 Å². The van der Waals surface area contributed by atoms with Crippen molar-refractivity contribution in [1.29, 1.82) is 0 Å². The average molecular weight is 144 g/mol. The molecule has 0 aliphatic carbocycles. The Balaban J connectivity index is 2.59. The standard InChI is InChI=1S/C6H9FN2O/c7-3-5-4-10-6(9-5)1-2-8/h4H,1-3,8H2. The molecular weight excluding hydrogens is 135 g/mol. The normalized spacial score (nSPS) is 10.2. The molecule has 10 heavy (non-hydrogen) atoms. The minimum Gasteiger partial charge on any atom is -0.449 e. The van der Waals surface area contributed by atoms with Gasteiger partial charge in [0.25, 0.3) is 0 Å². The Bertz CT molecular complexity index is 199. The van der Waals surface area contributed by atoms with Gasteiger partial charge in [0.05, 0.1) is 0 Å². The fraction of sp³-hybridized carbons (Fsp3) is 0.500. The second-order valence-corrected chi connectivity index (χ2v) is 1.90. The molecule has 0 amide bonds. The molecular formula is C6H9FN2O. The molecule has 1 rings (SSSR count). The van der Waals surface area contributed by atoms with Crippen LogP contribution in [0.15, 0.2) is 10.7 Å². The van der Waals surface area contributed by atoms with Crippen molar-refractivity contribution in [3.63, 3.8) is 0 Å². The summed E-state index contributed by atoms with van der Waals surface area (Å²) in [5.41, 5.74) is 5.55. The molecule has 0 aliphatic rings. The minimum atomic E-state index is -0.575. The maximum absolute atomic E-state index is 11.8. The highest BCUT2D eigenvalue weighted by molar-refractivity contribution is 4.94. The fourth-order valence-corrected chi connectivity index (χ4v) is 0.649. The van der Waals surface area contributed by atoms with Gasteiger partial charge >= 0.3 is 0 Å². The van der Waals surface area contributed by atoms with E-state index in [2.05, 4.69) is 4.98 Å². The second kappa shape index (κ2) is 3.31. The number of alkyl halides is 1. The Labute approximate surface area is 58.0 Å². The van der Waals surface area contributed by atoms with Gasteiger partial charge in [0.2, 0.25) is 0 Å². The van der Waals surface area contributed by atoms with E-state index in [0.29, 0.717) is 24.6 Å². The summed E-state index contributed by atoms with van der Waals surface area (Å²) < 4.78 is 16.7. The van der Waals surface area contributed by atoms with Crippen molar-refractivity contribution in [2.24, 2.45) is 5.73 Å². The molecule has 1 aromatic heterocycles. The van der Waals surface area contributed by atoms with Crippen molar-refractivity contribution in [2.75, 3.05) is 6.54 Å². The monoisotopic (exact) mass is 144 g/mol. The lowest BCUT2D eigenvalue weighted by Crippen LogP contribution is -2.02. The number of nitrogens with two attached hydrogens (primary N) is 1. The molecule has 3 nitrogen and oxygen atoms in total. The van der Waals surface area contributed by atoms with Crippen LogP contribution in [0.5, 0.6) is 0 Å². The van der Waals surface area contributed by atoms with Crippen LogP contribution in [0.25, 0.3) is 0 Å². The zero-order chi connectivity index (χ0) is 7.40. The van der Waals surface area contributed by atoms with E-state index in [1.165, 1.54) is 6.26 Å². The van der Waals surface area contributed by atoms with Crippen LogP contribution in [0, 0.1) is 0 Å². The summed E-state index contributed by atoms with van der Waals surface area (Å²) in [7, 11) is 0. The predicted octanol–water partition coefficient (Wildman–Crippen LogP) is 0.645. The summed E-state index contributed by atoms with van der Waals surface area (Å²) >= 11 is 0. The zero-order valence-corrected chi connectivity index (χ0v) is 5.51. The van der Waals surface area contributed by atoms with Crippen molar-refractivity contribution in [1.82, 2.24) is 4.98 Å². The molecule has 0 fully saturated rings. The van der Waals surface area contributed by atoms with Gasteiger partial charge in [0.15, 0.2) is 5.89 Å². The van der Waals surface area contributed by atoms with Gasteiger partial charge in [-0.1, -0.05) is 0 Å². The van der Waals surface area contributed by atoms with E-state index in [4.69, 9.17) is 10.2 Å². The van der Waals surface area contributed by atoms with Gasteiger partial charge in [-0.2, -0.15) is 0 Å². The molecule has 0 spiro atoms. The Kier molecular flexibility index (Phi) is 2.39. The van der Waals surface area contributed by atoms with Gasteiger partial charge < -0.3 is 10.2 Å². The SMILES string of the molecule is NCCc1nc(CF)co1. The van der Waals surface area contributed by atoms with E-state index in [1.54, 1.807) is 0 Å². The first-order chi connectivity index (χ1) is 4.86. The minimum absolute atomic E-state index is 0.337. The molecule has 0 saturated heterocycles. The first-order valence-corrected chi connectivity index (χ1v) is 3.06. The highest BCUT2D eigenvalue weighted by Crippen LogP contribution is 2.02. The van der Waals surface area contributed by atoms with E-state index < -0.39 is 6.67 Å². The van der Waals surface area contributed by atoms with Crippen LogP contribution >= 0.6 is 0 Å². The maximum atomic E-state index is 11.8.